The molecule has 1 saturated carbocycles. The lowest BCUT2D eigenvalue weighted by Crippen LogP contribution is -2.35. The van der Waals surface area contributed by atoms with Crippen molar-refractivity contribution in [2.45, 2.75) is 51.5 Å². The SMILES string of the molecule is CCOc1ccccc1/C=C/C(=O)N(C)C1CCCCCC1. The van der Waals surface area contributed by atoms with E-state index < -0.39 is 0 Å². The molecule has 120 valence electrons. The molecule has 1 aromatic carbocycles. The first kappa shape index (κ1) is 16.6. The first-order chi connectivity index (χ1) is 10.7. The number of hydrogen-bond donors (Lipinski definition) is 0. The Morgan fingerprint density at radius 1 is 1.23 bits per heavy atom. The normalized spacial score (nSPS) is 16.5. The highest BCUT2D eigenvalue weighted by Gasteiger charge is 2.19. The number of rotatable bonds is 5. The quantitative estimate of drug-likeness (QED) is 0.600. The molecule has 0 saturated heterocycles. The van der Waals surface area contributed by atoms with E-state index in [4.69, 9.17) is 4.74 Å². The molecule has 22 heavy (non-hydrogen) atoms. The maximum atomic E-state index is 12.4. The minimum atomic E-state index is 0.0817. The molecule has 0 atom stereocenters. The molecule has 1 fully saturated rings. The Bertz CT molecular complexity index is 502. The van der Waals surface area contributed by atoms with Crippen LogP contribution in [0.15, 0.2) is 30.3 Å². The van der Waals surface area contributed by atoms with E-state index in [1.54, 1.807) is 6.08 Å². The van der Waals surface area contributed by atoms with Gasteiger partial charge in [-0.1, -0.05) is 43.9 Å². The predicted octanol–water partition coefficient (Wildman–Crippen LogP) is 4.28. The zero-order valence-electron chi connectivity index (χ0n) is 13.8. The summed E-state index contributed by atoms with van der Waals surface area (Å²) in [6, 6.07) is 8.20. The van der Waals surface area contributed by atoms with E-state index in [0.29, 0.717) is 12.6 Å². The molecule has 1 aromatic rings. The van der Waals surface area contributed by atoms with Crippen LogP contribution in [0.25, 0.3) is 6.08 Å². The van der Waals surface area contributed by atoms with Crippen molar-refractivity contribution in [3.8, 4) is 5.75 Å². The lowest BCUT2D eigenvalue weighted by molar-refractivity contribution is -0.126. The number of amides is 1. The molecule has 0 aromatic heterocycles. The van der Waals surface area contributed by atoms with Crippen molar-refractivity contribution in [1.29, 1.82) is 0 Å². The summed E-state index contributed by atoms with van der Waals surface area (Å²) >= 11 is 0. The standard InChI is InChI=1S/C19H27NO2/c1-3-22-18-13-9-8-10-16(18)14-15-19(21)20(2)17-11-6-4-5-7-12-17/h8-10,13-15,17H,3-7,11-12H2,1-2H3/b15-14+. The van der Waals surface area contributed by atoms with Crippen molar-refractivity contribution in [2.75, 3.05) is 13.7 Å². The van der Waals surface area contributed by atoms with E-state index in [1.807, 2.05) is 49.2 Å². The Balaban J connectivity index is 2.01. The molecule has 0 unspecified atom stereocenters. The zero-order valence-corrected chi connectivity index (χ0v) is 13.8. The van der Waals surface area contributed by atoms with Crippen molar-refractivity contribution in [2.24, 2.45) is 0 Å². The number of ether oxygens (including phenoxy) is 1. The van der Waals surface area contributed by atoms with Crippen LogP contribution >= 0.6 is 0 Å². The molecule has 1 aliphatic carbocycles. The maximum Gasteiger partial charge on any atom is 0.246 e. The van der Waals surface area contributed by atoms with E-state index in [0.717, 1.165) is 24.2 Å². The number of hydrogen-bond acceptors (Lipinski definition) is 2. The van der Waals surface area contributed by atoms with Gasteiger partial charge >= 0.3 is 0 Å². The van der Waals surface area contributed by atoms with Gasteiger partial charge in [0.25, 0.3) is 0 Å². The summed E-state index contributed by atoms with van der Waals surface area (Å²) in [5, 5.41) is 0. The molecule has 0 heterocycles. The van der Waals surface area contributed by atoms with E-state index in [2.05, 4.69) is 0 Å². The topological polar surface area (TPSA) is 29.5 Å². The molecule has 2 rings (SSSR count). The number of carbonyl (C=O) groups is 1. The summed E-state index contributed by atoms with van der Waals surface area (Å²) in [4.78, 5) is 14.3. The molecule has 0 N–H and O–H groups in total. The molecule has 0 bridgehead atoms. The fourth-order valence-electron chi connectivity index (χ4n) is 3.01. The van der Waals surface area contributed by atoms with Crippen molar-refractivity contribution < 1.29 is 9.53 Å². The average Bonchev–Trinajstić information content (AvgIpc) is 2.82. The Morgan fingerprint density at radius 3 is 2.59 bits per heavy atom. The molecule has 0 radical (unpaired) electrons. The zero-order chi connectivity index (χ0) is 15.8. The van der Waals surface area contributed by atoms with Crippen LogP contribution in [0.4, 0.5) is 0 Å². The van der Waals surface area contributed by atoms with Crippen LogP contribution in [0.1, 0.15) is 51.0 Å². The van der Waals surface area contributed by atoms with Gasteiger partial charge in [0.05, 0.1) is 6.61 Å². The molecule has 1 aliphatic rings. The number of para-hydroxylation sites is 1. The second-order valence-corrected chi connectivity index (χ2v) is 5.90. The molecule has 1 amide bonds. The van der Waals surface area contributed by atoms with Crippen molar-refractivity contribution in [3.63, 3.8) is 0 Å². The second-order valence-electron chi connectivity index (χ2n) is 5.90. The van der Waals surface area contributed by atoms with Crippen LogP contribution in [0.2, 0.25) is 0 Å². The largest absolute Gasteiger partial charge is 0.493 e. The van der Waals surface area contributed by atoms with Crippen molar-refractivity contribution in [1.82, 2.24) is 4.90 Å². The van der Waals surface area contributed by atoms with Crippen LogP contribution in [0.5, 0.6) is 5.75 Å². The highest BCUT2D eigenvalue weighted by Crippen LogP contribution is 2.22. The van der Waals surface area contributed by atoms with Crippen molar-refractivity contribution in [3.05, 3.63) is 35.9 Å². The molecule has 0 aliphatic heterocycles. The number of carbonyl (C=O) groups excluding carboxylic acids is 1. The summed E-state index contributed by atoms with van der Waals surface area (Å²) in [7, 11) is 1.93. The lowest BCUT2D eigenvalue weighted by atomic mass is 10.1. The van der Waals surface area contributed by atoms with Crippen LogP contribution in [0, 0.1) is 0 Å². The summed E-state index contributed by atoms with van der Waals surface area (Å²) in [5.41, 5.74) is 0.951. The lowest BCUT2D eigenvalue weighted by Gasteiger charge is -2.26. The predicted molar refractivity (Wildman–Crippen MR) is 90.9 cm³/mol. The Kier molecular flexibility index (Phi) is 6.50. The van der Waals surface area contributed by atoms with Gasteiger partial charge in [0.15, 0.2) is 0 Å². The minimum absolute atomic E-state index is 0.0817. The fraction of sp³-hybridized carbons (Fsp3) is 0.526. The number of likely N-dealkylation sites (N-methyl/N-ethyl adjacent to an activating group) is 1. The maximum absolute atomic E-state index is 12.4. The third kappa shape index (κ3) is 4.62. The Morgan fingerprint density at radius 2 is 1.91 bits per heavy atom. The molecule has 0 spiro atoms. The third-order valence-corrected chi connectivity index (χ3v) is 4.34. The van der Waals surface area contributed by atoms with Gasteiger partial charge in [0, 0.05) is 24.7 Å². The van der Waals surface area contributed by atoms with Gasteiger partial charge in [-0.3, -0.25) is 4.79 Å². The first-order valence-corrected chi connectivity index (χ1v) is 8.39. The van der Waals surface area contributed by atoms with Gasteiger partial charge in [-0.2, -0.15) is 0 Å². The van der Waals surface area contributed by atoms with Gasteiger partial charge in [-0.15, -0.1) is 0 Å². The molecular formula is C19H27NO2. The monoisotopic (exact) mass is 301 g/mol. The van der Waals surface area contributed by atoms with Gasteiger partial charge in [0.1, 0.15) is 5.75 Å². The fourth-order valence-corrected chi connectivity index (χ4v) is 3.01. The molecule has 3 nitrogen and oxygen atoms in total. The smallest absolute Gasteiger partial charge is 0.246 e. The first-order valence-electron chi connectivity index (χ1n) is 8.39. The average molecular weight is 301 g/mol. The van der Waals surface area contributed by atoms with Crippen LogP contribution in [-0.2, 0) is 4.79 Å². The minimum Gasteiger partial charge on any atom is -0.493 e. The highest BCUT2D eigenvalue weighted by atomic mass is 16.5. The summed E-state index contributed by atoms with van der Waals surface area (Å²) in [5.74, 6) is 0.907. The number of benzene rings is 1. The molecular weight excluding hydrogens is 274 g/mol. The van der Waals surface area contributed by atoms with E-state index in [-0.39, 0.29) is 5.91 Å². The van der Waals surface area contributed by atoms with Gasteiger partial charge in [-0.25, -0.2) is 0 Å². The van der Waals surface area contributed by atoms with E-state index >= 15 is 0 Å². The van der Waals surface area contributed by atoms with Crippen molar-refractivity contribution >= 4 is 12.0 Å². The molecule has 3 heteroatoms. The Hall–Kier alpha value is -1.77. The van der Waals surface area contributed by atoms with Crippen LogP contribution in [0.3, 0.4) is 0 Å². The van der Waals surface area contributed by atoms with Gasteiger partial charge < -0.3 is 9.64 Å². The van der Waals surface area contributed by atoms with E-state index in [1.165, 1.54) is 25.7 Å². The summed E-state index contributed by atoms with van der Waals surface area (Å²) in [6.45, 7) is 2.59. The second kappa shape index (κ2) is 8.62. The third-order valence-electron chi connectivity index (χ3n) is 4.34. The summed E-state index contributed by atoms with van der Waals surface area (Å²) < 4.78 is 5.59. The summed E-state index contributed by atoms with van der Waals surface area (Å²) in [6.07, 6.45) is 10.9. The Labute approximate surface area is 134 Å². The van der Waals surface area contributed by atoms with E-state index in [9.17, 15) is 4.79 Å². The van der Waals surface area contributed by atoms with Gasteiger partial charge in [-0.05, 0) is 31.9 Å². The van der Waals surface area contributed by atoms with Gasteiger partial charge in [0.2, 0.25) is 5.91 Å². The van der Waals surface area contributed by atoms with Crippen LogP contribution in [-0.4, -0.2) is 30.5 Å². The number of nitrogens with zero attached hydrogens (tertiary/aromatic N) is 1. The highest BCUT2D eigenvalue weighted by molar-refractivity contribution is 5.92. The van der Waals surface area contributed by atoms with Crippen LogP contribution < -0.4 is 4.74 Å².